The Bertz CT molecular complexity index is 1150. The molecule has 1 unspecified atom stereocenters. The van der Waals surface area contributed by atoms with E-state index in [-0.39, 0.29) is 11.3 Å². The molecule has 0 saturated heterocycles. The average molecular weight is 429 g/mol. The fraction of sp³-hybridized carbons (Fsp3) is 0.238. The molecule has 30 heavy (non-hydrogen) atoms. The maximum Gasteiger partial charge on any atom is 0.290 e. The summed E-state index contributed by atoms with van der Waals surface area (Å²) in [5.41, 5.74) is 4.43. The van der Waals surface area contributed by atoms with Gasteiger partial charge in [0.2, 0.25) is 0 Å². The SMILES string of the molecule is CCCn1nc(C(=O)NNC(=O)C(C)Oc2cccc(Cl)c2)c2ccccc2c1=O. The first-order valence-corrected chi connectivity index (χ1v) is 9.80. The lowest BCUT2D eigenvalue weighted by Gasteiger charge is -2.16. The summed E-state index contributed by atoms with van der Waals surface area (Å²) in [4.78, 5) is 37.5. The van der Waals surface area contributed by atoms with Gasteiger partial charge in [-0.15, -0.1) is 0 Å². The minimum absolute atomic E-state index is 0.0439. The van der Waals surface area contributed by atoms with Gasteiger partial charge in [-0.25, -0.2) is 4.68 Å². The predicted octanol–water partition coefficient (Wildman–Crippen LogP) is 2.69. The van der Waals surface area contributed by atoms with E-state index < -0.39 is 17.9 Å². The van der Waals surface area contributed by atoms with Crippen LogP contribution in [0.5, 0.6) is 5.75 Å². The van der Waals surface area contributed by atoms with Gasteiger partial charge in [0.15, 0.2) is 11.8 Å². The minimum atomic E-state index is -0.887. The largest absolute Gasteiger partial charge is 0.481 e. The Labute approximate surface area is 177 Å². The highest BCUT2D eigenvalue weighted by Gasteiger charge is 2.19. The van der Waals surface area contributed by atoms with E-state index in [4.69, 9.17) is 16.3 Å². The van der Waals surface area contributed by atoms with E-state index in [1.54, 1.807) is 48.5 Å². The van der Waals surface area contributed by atoms with Crippen molar-refractivity contribution in [2.24, 2.45) is 0 Å². The summed E-state index contributed by atoms with van der Waals surface area (Å²) in [7, 11) is 0. The first-order chi connectivity index (χ1) is 14.4. The summed E-state index contributed by atoms with van der Waals surface area (Å²) in [5, 5.41) is 5.46. The molecule has 3 rings (SSSR count). The fourth-order valence-corrected chi connectivity index (χ4v) is 3.02. The number of carbonyl (C=O) groups excluding carboxylic acids is 2. The quantitative estimate of drug-likeness (QED) is 0.588. The van der Waals surface area contributed by atoms with Crippen LogP contribution in [0.2, 0.25) is 5.02 Å². The third-order valence-electron chi connectivity index (χ3n) is 4.30. The lowest BCUT2D eigenvalue weighted by atomic mass is 10.1. The smallest absolute Gasteiger partial charge is 0.290 e. The molecule has 1 atom stereocenters. The van der Waals surface area contributed by atoms with Crippen molar-refractivity contribution in [2.45, 2.75) is 32.9 Å². The van der Waals surface area contributed by atoms with Crippen LogP contribution in [-0.2, 0) is 11.3 Å². The Hall–Kier alpha value is -3.39. The molecule has 3 aromatic rings. The van der Waals surface area contributed by atoms with Gasteiger partial charge in [-0.2, -0.15) is 5.10 Å². The second kappa shape index (κ2) is 9.41. The van der Waals surface area contributed by atoms with E-state index in [1.165, 1.54) is 11.6 Å². The number of aromatic nitrogens is 2. The Morgan fingerprint density at radius 3 is 2.57 bits per heavy atom. The summed E-state index contributed by atoms with van der Waals surface area (Å²) >= 11 is 5.90. The Morgan fingerprint density at radius 2 is 1.87 bits per heavy atom. The highest BCUT2D eigenvalue weighted by molar-refractivity contribution is 6.30. The third-order valence-corrected chi connectivity index (χ3v) is 4.53. The number of aryl methyl sites for hydroxylation is 1. The molecule has 2 N–H and O–H groups in total. The summed E-state index contributed by atoms with van der Waals surface area (Å²) < 4.78 is 6.78. The van der Waals surface area contributed by atoms with Crippen LogP contribution in [0.15, 0.2) is 53.3 Å². The number of hydrogen-bond acceptors (Lipinski definition) is 5. The Morgan fingerprint density at radius 1 is 1.13 bits per heavy atom. The topological polar surface area (TPSA) is 102 Å². The zero-order chi connectivity index (χ0) is 21.7. The van der Waals surface area contributed by atoms with Crippen molar-refractivity contribution < 1.29 is 14.3 Å². The van der Waals surface area contributed by atoms with E-state index in [1.807, 2.05) is 6.92 Å². The number of amides is 2. The molecule has 0 radical (unpaired) electrons. The van der Waals surface area contributed by atoms with Crippen LogP contribution in [0.3, 0.4) is 0 Å². The lowest BCUT2D eigenvalue weighted by Crippen LogP contribution is -2.47. The molecular weight excluding hydrogens is 408 g/mol. The second-order valence-electron chi connectivity index (χ2n) is 6.58. The summed E-state index contributed by atoms with van der Waals surface area (Å²) in [6.07, 6.45) is -0.205. The lowest BCUT2D eigenvalue weighted by molar-refractivity contribution is -0.128. The molecule has 0 aliphatic carbocycles. The van der Waals surface area contributed by atoms with E-state index in [2.05, 4.69) is 16.0 Å². The average Bonchev–Trinajstić information content (AvgIpc) is 2.74. The number of hydrogen-bond donors (Lipinski definition) is 2. The Balaban J connectivity index is 1.74. The Kier molecular flexibility index (Phi) is 6.68. The van der Waals surface area contributed by atoms with Crippen LogP contribution in [-0.4, -0.2) is 27.7 Å². The number of fused-ring (bicyclic) bond motifs is 1. The fourth-order valence-electron chi connectivity index (χ4n) is 2.84. The van der Waals surface area contributed by atoms with Gasteiger partial charge < -0.3 is 4.74 Å². The standard InChI is InChI=1S/C21H21ClN4O4/c1-3-11-26-21(29)17-10-5-4-9-16(17)18(25-26)20(28)24-23-19(27)13(2)30-15-8-6-7-14(22)12-15/h4-10,12-13H,3,11H2,1-2H3,(H,23,27)(H,24,28). The molecule has 0 fully saturated rings. The second-order valence-corrected chi connectivity index (χ2v) is 7.02. The first kappa shape index (κ1) is 21.3. The minimum Gasteiger partial charge on any atom is -0.481 e. The van der Waals surface area contributed by atoms with Gasteiger partial charge in [0, 0.05) is 17.0 Å². The van der Waals surface area contributed by atoms with Crippen molar-refractivity contribution in [1.29, 1.82) is 0 Å². The number of nitrogens with one attached hydrogen (secondary N) is 2. The van der Waals surface area contributed by atoms with Crippen LogP contribution >= 0.6 is 11.6 Å². The molecule has 156 valence electrons. The van der Waals surface area contributed by atoms with Crippen LogP contribution < -0.4 is 21.1 Å². The summed E-state index contributed by atoms with van der Waals surface area (Å²) in [6, 6.07) is 13.4. The molecule has 8 nitrogen and oxygen atoms in total. The van der Waals surface area contributed by atoms with Crippen molar-refractivity contribution in [1.82, 2.24) is 20.6 Å². The normalized spacial score (nSPS) is 11.7. The summed E-state index contributed by atoms with van der Waals surface area (Å²) in [5.74, 6) is -0.773. The van der Waals surface area contributed by atoms with Gasteiger partial charge in [0.1, 0.15) is 5.75 Å². The first-order valence-electron chi connectivity index (χ1n) is 9.43. The van der Waals surface area contributed by atoms with E-state index in [0.29, 0.717) is 34.5 Å². The van der Waals surface area contributed by atoms with Crippen molar-refractivity contribution in [3.8, 4) is 5.75 Å². The highest BCUT2D eigenvalue weighted by atomic mass is 35.5. The molecule has 0 aliphatic rings. The number of hydrazine groups is 1. The maximum atomic E-state index is 12.7. The molecule has 1 heterocycles. The van der Waals surface area contributed by atoms with Gasteiger partial charge in [-0.1, -0.05) is 42.8 Å². The van der Waals surface area contributed by atoms with Crippen molar-refractivity contribution in [3.05, 3.63) is 69.6 Å². The molecule has 9 heteroatoms. The molecule has 0 bridgehead atoms. The van der Waals surface area contributed by atoms with Gasteiger partial charge in [-0.05, 0) is 37.6 Å². The van der Waals surface area contributed by atoms with E-state index in [9.17, 15) is 14.4 Å². The maximum absolute atomic E-state index is 12.7. The molecule has 2 amide bonds. The number of ether oxygens (including phenoxy) is 1. The van der Waals surface area contributed by atoms with Crippen molar-refractivity contribution >= 4 is 34.2 Å². The third kappa shape index (κ3) is 4.77. The van der Waals surface area contributed by atoms with Crippen LogP contribution in [0, 0.1) is 0 Å². The number of rotatable bonds is 6. The monoisotopic (exact) mass is 428 g/mol. The predicted molar refractivity (Wildman–Crippen MR) is 113 cm³/mol. The molecule has 0 spiro atoms. The van der Waals surface area contributed by atoms with Crippen LogP contribution in [0.4, 0.5) is 0 Å². The summed E-state index contributed by atoms with van der Waals surface area (Å²) in [6.45, 7) is 3.82. The molecule has 2 aromatic carbocycles. The van der Waals surface area contributed by atoms with Crippen molar-refractivity contribution in [3.63, 3.8) is 0 Å². The number of carbonyl (C=O) groups is 2. The molecule has 0 saturated carbocycles. The van der Waals surface area contributed by atoms with Gasteiger partial charge in [0.05, 0.1) is 5.39 Å². The van der Waals surface area contributed by atoms with Gasteiger partial charge >= 0.3 is 0 Å². The number of nitrogens with zero attached hydrogens (tertiary/aromatic N) is 2. The zero-order valence-electron chi connectivity index (χ0n) is 16.5. The number of benzene rings is 2. The van der Waals surface area contributed by atoms with E-state index in [0.717, 1.165) is 0 Å². The van der Waals surface area contributed by atoms with Crippen LogP contribution in [0.25, 0.3) is 10.8 Å². The molecule has 1 aromatic heterocycles. The highest BCUT2D eigenvalue weighted by Crippen LogP contribution is 2.18. The van der Waals surface area contributed by atoms with Gasteiger partial charge in [0.25, 0.3) is 17.4 Å². The zero-order valence-corrected chi connectivity index (χ0v) is 17.3. The molecular formula is C21H21ClN4O4. The van der Waals surface area contributed by atoms with E-state index >= 15 is 0 Å². The van der Waals surface area contributed by atoms with Gasteiger partial charge in [-0.3, -0.25) is 25.2 Å². The number of halogens is 1. The van der Waals surface area contributed by atoms with Crippen molar-refractivity contribution in [2.75, 3.05) is 0 Å². The molecule has 0 aliphatic heterocycles. The van der Waals surface area contributed by atoms with Crippen LogP contribution in [0.1, 0.15) is 30.8 Å².